The van der Waals surface area contributed by atoms with Crippen molar-refractivity contribution in [3.05, 3.63) is 101 Å². The third-order valence-electron chi connectivity index (χ3n) is 4.46. The van der Waals surface area contributed by atoms with Gasteiger partial charge in [-0.3, -0.25) is 4.98 Å². The quantitative estimate of drug-likeness (QED) is 0.470. The molecule has 0 radical (unpaired) electrons. The van der Waals surface area contributed by atoms with Crippen LogP contribution >= 0.6 is 11.3 Å². The first kappa shape index (κ1) is 15.8. The number of aromatic nitrogens is 5. The van der Waals surface area contributed by atoms with Gasteiger partial charge in [0.25, 0.3) is 0 Å². The highest BCUT2D eigenvalue weighted by Crippen LogP contribution is 2.35. The molecule has 0 aliphatic carbocycles. The number of nitrogens with zero attached hydrogens (tertiary/aromatic N) is 5. The first-order valence-corrected chi connectivity index (χ1v) is 9.44. The van der Waals surface area contributed by atoms with Crippen LogP contribution in [-0.2, 0) is 0 Å². The average Bonchev–Trinajstić information content (AvgIpc) is 3.31. The topological polar surface area (TPSA) is 56.0 Å². The third-order valence-corrected chi connectivity index (χ3v) is 5.42. The molecule has 130 valence electrons. The molecule has 0 fully saturated rings. The van der Waals surface area contributed by atoms with E-state index >= 15 is 0 Å². The minimum atomic E-state index is 0.0596. The molecule has 3 heterocycles. The van der Waals surface area contributed by atoms with Gasteiger partial charge in [-0.25, -0.2) is 0 Å². The second-order valence-corrected chi connectivity index (χ2v) is 7.14. The summed E-state index contributed by atoms with van der Waals surface area (Å²) in [5, 5.41) is 14.5. The number of fused-ring (bicyclic) bond motifs is 1. The lowest BCUT2D eigenvalue weighted by Gasteiger charge is -2.15. The minimum absolute atomic E-state index is 0.0596. The van der Waals surface area contributed by atoms with E-state index in [1.807, 2.05) is 28.8 Å². The van der Waals surface area contributed by atoms with Crippen LogP contribution in [0.5, 0.6) is 0 Å². The molecule has 27 heavy (non-hydrogen) atoms. The Hall–Kier alpha value is -3.38. The Labute approximate surface area is 160 Å². The Morgan fingerprint density at radius 2 is 1.37 bits per heavy atom. The van der Waals surface area contributed by atoms with Gasteiger partial charge in [0.15, 0.2) is 5.82 Å². The van der Waals surface area contributed by atoms with Crippen molar-refractivity contribution in [1.29, 1.82) is 0 Å². The van der Waals surface area contributed by atoms with Gasteiger partial charge in [0.05, 0.1) is 5.92 Å². The predicted octanol–water partition coefficient (Wildman–Crippen LogP) is 4.43. The molecular weight excluding hydrogens is 354 g/mol. The van der Waals surface area contributed by atoms with Crippen molar-refractivity contribution in [2.45, 2.75) is 5.92 Å². The Morgan fingerprint density at radius 1 is 0.741 bits per heavy atom. The van der Waals surface area contributed by atoms with Gasteiger partial charge in [0.2, 0.25) is 4.96 Å². The summed E-state index contributed by atoms with van der Waals surface area (Å²) in [6.45, 7) is 0. The molecule has 5 rings (SSSR count). The van der Waals surface area contributed by atoms with Crippen molar-refractivity contribution in [3.63, 3.8) is 0 Å². The van der Waals surface area contributed by atoms with Gasteiger partial charge >= 0.3 is 0 Å². The number of hydrogen-bond acceptors (Lipinski definition) is 5. The van der Waals surface area contributed by atoms with Crippen LogP contribution in [-0.4, -0.2) is 24.8 Å². The maximum absolute atomic E-state index is 4.89. The molecule has 0 aliphatic heterocycles. The summed E-state index contributed by atoms with van der Waals surface area (Å²) in [6.07, 6.45) is 3.50. The summed E-state index contributed by atoms with van der Waals surface area (Å²) < 4.78 is 1.83. The zero-order chi connectivity index (χ0) is 18.1. The smallest absolute Gasteiger partial charge is 0.234 e. The fourth-order valence-corrected chi connectivity index (χ4v) is 4.19. The molecule has 5 nitrogen and oxygen atoms in total. The van der Waals surface area contributed by atoms with Crippen LogP contribution in [0.2, 0.25) is 0 Å². The van der Waals surface area contributed by atoms with Gasteiger partial charge in [-0.1, -0.05) is 72.0 Å². The zero-order valence-corrected chi connectivity index (χ0v) is 15.1. The van der Waals surface area contributed by atoms with E-state index in [0.29, 0.717) is 0 Å². The van der Waals surface area contributed by atoms with E-state index in [1.165, 1.54) is 11.1 Å². The standard InChI is InChI=1S/C21H15N5S/c1-3-7-15(8-4-1)18(16-9-5-2-6-10-16)20-25-26-19(23-24-21(26)27-20)17-11-13-22-14-12-17/h1-14,18H. The van der Waals surface area contributed by atoms with E-state index in [9.17, 15) is 0 Å². The minimum Gasteiger partial charge on any atom is -0.265 e. The molecule has 5 aromatic rings. The highest BCUT2D eigenvalue weighted by Gasteiger charge is 2.23. The lowest BCUT2D eigenvalue weighted by Crippen LogP contribution is -2.04. The van der Waals surface area contributed by atoms with Crippen LogP contribution in [0.25, 0.3) is 16.3 Å². The van der Waals surface area contributed by atoms with Crippen LogP contribution in [0.15, 0.2) is 85.2 Å². The van der Waals surface area contributed by atoms with Gasteiger partial charge in [-0.15, -0.1) is 10.2 Å². The third kappa shape index (κ3) is 2.90. The summed E-state index contributed by atoms with van der Waals surface area (Å²) in [7, 11) is 0. The van der Waals surface area contributed by atoms with E-state index < -0.39 is 0 Å². The van der Waals surface area contributed by atoms with Crippen LogP contribution < -0.4 is 0 Å². The van der Waals surface area contributed by atoms with E-state index in [-0.39, 0.29) is 5.92 Å². The molecule has 0 aliphatic rings. The molecule has 0 unspecified atom stereocenters. The SMILES string of the molecule is c1ccc(C(c2ccccc2)c2nn3c(-c4ccncc4)nnc3s2)cc1. The van der Waals surface area contributed by atoms with Crippen molar-refractivity contribution >= 4 is 16.3 Å². The summed E-state index contributed by atoms with van der Waals surface area (Å²) in [4.78, 5) is 4.86. The highest BCUT2D eigenvalue weighted by atomic mass is 32.1. The number of pyridine rings is 1. The molecule has 0 N–H and O–H groups in total. The fraction of sp³-hybridized carbons (Fsp3) is 0.0476. The lowest BCUT2D eigenvalue weighted by molar-refractivity contribution is 0.863. The van der Waals surface area contributed by atoms with Crippen molar-refractivity contribution < 1.29 is 0 Å². The largest absolute Gasteiger partial charge is 0.265 e. The second kappa shape index (κ2) is 6.74. The van der Waals surface area contributed by atoms with Crippen molar-refractivity contribution in [2.75, 3.05) is 0 Å². The fourth-order valence-electron chi connectivity index (χ4n) is 3.20. The first-order valence-electron chi connectivity index (χ1n) is 8.62. The van der Waals surface area contributed by atoms with Gasteiger partial charge in [-0.2, -0.15) is 9.61 Å². The highest BCUT2D eigenvalue weighted by molar-refractivity contribution is 7.16. The normalized spacial score (nSPS) is 11.3. The number of benzene rings is 2. The van der Waals surface area contributed by atoms with E-state index in [0.717, 1.165) is 21.4 Å². The summed E-state index contributed by atoms with van der Waals surface area (Å²) >= 11 is 1.57. The van der Waals surface area contributed by atoms with Crippen LogP contribution in [0.4, 0.5) is 0 Å². The molecule has 0 bridgehead atoms. The van der Waals surface area contributed by atoms with E-state index in [4.69, 9.17) is 5.10 Å². The Balaban J connectivity index is 1.67. The number of hydrogen-bond donors (Lipinski definition) is 0. The van der Waals surface area contributed by atoms with Crippen molar-refractivity contribution in [3.8, 4) is 11.4 Å². The molecule has 0 saturated carbocycles. The van der Waals surface area contributed by atoms with Crippen LogP contribution in [0, 0.1) is 0 Å². The lowest BCUT2D eigenvalue weighted by atomic mass is 9.92. The zero-order valence-electron chi connectivity index (χ0n) is 14.3. The maximum atomic E-state index is 4.89. The summed E-state index contributed by atoms with van der Waals surface area (Å²) in [5.74, 6) is 0.791. The molecule has 0 saturated heterocycles. The predicted molar refractivity (Wildman–Crippen MR) is 106 cm³/mol. The van der Waals surface area contributed by atoms with Gasteiger partial charge < -0.3 is 0 Å². The molecule has 3 aromatic heterocycles. The monoisotopic (exact) mass is 369 g/mol. The molecular formula is C21H15N5S. The van der Waals surface area contributed by atoms with Crippen molar-refractivity contribution in [2.24, 2.45) is 0 Å². The maximum Gasteiger partial charge on any atom is 0.234 e. The second-order valence-electron chi connectivity index (χ2n) is 6.15. The molecule has 6 heteroatoms. The van der Waals surface area contributed by atoms with E-state index in [2.05, 4.69) is 63.7 Å². The molecule has 0 amide bonds. The molecule has 0 atom stereocenters. The average molecular weight is 369 g/mol. The Morgan fingerprint density at radius 3 is 2.00 bits per heavy atom. The van der Waals surface area contributed by atoms with Crippen molar-refractivity contribution in [1.82, 2.24) is 24.8 Å². The summed E-state index contributed by atoms with van der Waals surface area (Å²) in [6, 6.07) is 24.7. The molecule has 2 aromatic carbocycles. The number of rotatable bonds is 4. The van der Waals surface area contributed by atoms with Gasteiger partial charge in [0.1, 0.15) is 5.01 Å². The first-order chi connectivity index (χ1) is 13.4. The summed E-state index contributed by atoms with van der Waals surface area (Å²) in [5.41, 5.74) is 3.36. The van der Waals surface area contributed by atoms with Gasteiger partial charge in [0, 0.05) is 18.0 Å². The van der Waals surface area contributed by atoms with E-state index in [1.54, 1.807) is 23.7 Å². The molecule has 0 spiro atoms. The Kier molecular flexibility index (Phi) is 3.95. The van der Waals surface area contributed by atoms with Crippen LogP contribution in [0.3, 0.4) is 0 Å². The van der Waals surface area contributed by atoms with Gasteiger partial charge in [-0.05, 0) is 23.3 Å². The Bertz CT molecular complexity index is 1130. The van der Waals surface area contributed by atoms with Crippen LogP contribution in [0.1, 0.15) is 22.1 Å².